The molecule has 6 heteroatoms. The molecular formula is C18H20N2O4. The van der Waals surface area contributed by atoms with E-state index in [1.165, 1.54) is 12.1 Å². The Hall–Kier alpha value is -2.60. The van der Waals surface area contributed by atoms with Crippen LogP contribution in [0.2, 0.25) is 0 Å². The Kier molecular flexibility index (Phi) is 4.66. The quantitative estimate of drug-likeness (QED) is 0.672. The van der Waals surface area contributed by atoms with Crippen molar-refractivity contribution < 1.29 is 14.8 Å². The molecule has 1 aliphatic rings. The number of hydrogen-bond acceptors (Lipinski definition) is 5. The number of non-ortho nitro benzene ring substituents is 1. The van der Waals surface area contributed by atoms with Gasteiger partial charge in [-0.15, -0.1) is 0 Å². The third-order valence-corrected chi connectivity index (χ3v) is 4.42. The zero-order chi connectivity index (χ0) is 17.1. The predicted octanol–water partition coefficient (Wildman–Crippen LogP) is 3.44. The molecule has 0 amide bonds. The number of aromatic hydroxyl groups is 1. The third-order valence-electron chi connectivity index (χ3n) is 4.42. The van der Waals surface area contributed by atoms with E-state index in [-0.39, 0.29) is 11.4 Å². The number of phenols is 1. The predicted molar refractivity (Wildman–Crippen MR) is 91.3 cm³/mol. The Morgan fingerprint density at radius 2 is 2.00 bits per heavy atom. The summed E-state index contributed by atoms with van der Waals surface area (Å²) in [6, 6.07) is 11.7. The third kappa shape index (κ3) is 3.65. The van der Waals surface area contributed by atoms with Crippen LogP contribution in [-0.4, -0.2) is 41.2 Å². The summed E-state index contributed by atoms with van der Waals surface area (Å²) in [6.07, 6.45) is 2.23. The summed E-state index contributed by atoms with van der Waals surface area (Å²) in [5, 5.41) is 20.6. The molecule has 3 rings (SSSR count). The lowest BCUT2D eigenvalue weighted by atomic mass is 10.0. The largest absolute Gasteiger partial charge is 0.508 e. The maximum Gasteiger partial charge on any atom is 0.273 e. The molecule has 6 nitrogen and oxygen atoms in total. The van der Waals surface area contributed by atoms with Gasteiger partial charge >= 0.3 is 0 Å². The monoisotopic (exact) mass is 328 g/mol. The average molecular weight is 328 g/mol. The Balaban J connectivity index is 1.85. The Bertz CT molecular complexity index is 730. The molecule has 1 saturated heterocycles. The zero-order valence-corrected chi connectivity index (χ0v) is 13.5. The summed E-state index contributed by atoms with van der Waals surface area (Å²) in [4.78, 5) is 13.0. The minimum atomic E-state index is -0.418. The van der Waals surface area contributed by atoms with Crippen molar-refractivity contribution in [2.45, 2.75) is 18.9 Å². The van der Waals surface area contributed by atoms with Gasteiger partial charge in [0, 0.05) is 12.1 Å². The Morgan fingerprint density at radius 3 is 2.62 bits per heavy atom. The van der Waals surface area contributed by atoms with Crippen LogP contribution in [0.25, 0.3) is 11.1 Å². The van der Waals surface area contributed by atoms with Gasteiger partial charge in [0.15, 0.2) is 0 Å². The first kappa shape index (κ1) is 16.3. The minimum absolute atomic E-state index is 0.00430. The van der Waals surface area contributed by atoms with Crippen molar-refractivity contribution in [3.8, 4) is 22.6 Å². The van der Waals surface area contributed by atoms with E-state index in [1.807, 2.05) is 0 Å². The molecule has 1 aliphatic heterocycles. The van der Waals surface area contributed by atoms with Crippen molar-refractivity contribution in [3.63, 3.8) is 0 Å². The van der Waals surface area contributed by atoms with Crippen LogP contribution in [0.15, 0.2) is 42.5 Å². The lowest BCUT2D eigenvalue weighted by Gasteiger charge is -2.19. The average Bonchev–Trinajstić information content (AvgIpc) is 2.98. The fourth-order valence-corrected chi connectivity index (χ4v) is 2.97. The molecule has 1 heterocycles. The second kappa shape index (κ2) is 6.88. The number of benzene rings is 2. The van der Waals surface area contributed by atoms with E-state index in [9.17, 15) is 15.2 Å². The smallest absolute Gasteiger partial charge is 0.273 e. The molecule has 2 aromatic rings. The van der Waals surface area contributed by atoms with Gasteiger partial charge in [-0.2, -0.15) is 0 Å². The number of rotatable bonds is 5. The molecule has 126 valence electrons. The second-order valence-electron chi connectivity index (χ2n) is 6.11. The van der Waals surface area contributed by atoms with Gasteiger partial charge in [-0.25, -0.2) is 0 Å². The van der Waals surface area contributed by atoms with E-state index < -0.39 is 4.92 Å². The number of phenolic OH excluding ortho intramolecular Hbond substituents is 1. The van der Waals surface area contributed by atoms with Crippen molar-refractivity contribution in [2.24, 2.45) is 0 Å². The van der Waals surface area contributed by atoms with Crippen LogP contribution in [0.1, 0.15) is 12.8 Å². The second-order valence-corrected chi connectivity index (χ2v) is 6.11. The van der Waals surface area contributed by atoms with E-state index >= 15 is 0 Å². The molecule has 1 fully saturated rings. The molecule has 0 bridgehead atoms. The fourth-order valence-electron chi connectivity index (χ4n) is 2.97. The van der Waals surface area contributed by atoms with Gasteiger partial charge in [-0.05, 0) is 55.8 Å². The van der Waals surface area contributed by atoms with Crippen molar-refractivity contribution in [2.75, 3.05) is 20.2 Å². The standard InChI is InChI=1S/C18H20N2O4/c1-19-8-2-3-15(19)12-24-18-10-14(9-16(11-18)20(22)23)13-4-6-17(21)7-5-13/h4-7,9-11,15,21H,2-3,8,12H2,1H3/t15-/m0/s1. The molecular weight excluding hydrogens is 308 g/mol. The Labute approximate surface area is 140 Å². The highest BCUT2D eigenvalue weighted by atomic mass is 16.6. The number of nitrogens with zero attached hydrogens (tertiary/aromatic N) is 2. The van der Waals surface area contributed by atoms with E-state index in [1.54, 1.807) is 30.3 Å². The first-order chi connectivity index (χ1) is 11.5. The highest BCUT2D eigenvalue weighted by molar-refractivity contribution is 5.69. The molecule has 24 heavy (non-hydrogen) atoms. The van der Waals surface area contributed by atoms with Crippen LogP contribution in [0.5, 0.6) is 11.5 Å². The van der Waals surface area contributed by atoms with Crippen LogP contribution in [0, 0.1) is 10.1 Å². The van der Waals surface area contributed by atoms with Crippen LogP contribution < -0.4 is 4.74 Å². The van der Waals surface area contributed by atoms with Crippen LogP contribution in [0.3, 0.4) is 0 Å². The maximum atomic E-state index is 11.2. The summed E-state index contributed by atoms with van der Waals surface area (Å²) in [5.74, 6) is 0.650. The molecule has 0 aliphatic carbocycles. The first-order valence-corrected chi connectivity index (χ1v) is 7.95. The van der Waals surface area contributed by atoms with Gasteiger partial charge in [0.25, 0.3) is 5.69 Å². The number of likely N-dealkylation sites (N-methyl/N-ethyl adjacent to an activating group) is 1. The van der Waals surface area contributed by atoms with Crippen LogP contribution in [0.4, 0.5) is 5.69 Å². The molecule has 0 unspecified atom stereocenters. The van der Waals surface area contributed by atoms with Crippen LogP contribution >= 0.6 is 0 Å². The number of nitro benzene ring substituents is 1. The number of likely N-dealkylation sites (tertiary alicyclic amines) is 1. The fraction of sp³-hybridized carbons (Fsp3) is 0.333. The maximum absolute atomic E-state index is 11.2. The van der Waals surface area contributed by atoms with Gasteiger partial charge in [-0.1, -0.05) is 12.1 Å². The summed E-state index contributed by atoms with van der Waals surface area (Å²) < 4.78 is 5.84. The molecule has 0 spiro atoms. The lowest BCUT2D eigenvalue weighted by Crippen LogP contribution is -2.30. The summed E-state index contributed by atoms with van der Waals surface area (Å²) in [6.45, 7) is 1.58. The molecule has 2 aromatic carbocycles. The number of hydrogen-bond donors (Lipinski definition) is 1. The number of nitro groups is 1. The summed E-state index contributed by atoms with van der Waals surface area (Å²) >= 11 is 0. The van der Waals surface area contributed by atoms with Gasteiger partial charge in [0.05, 0.1) is 11.0 Å². The highest BCUT2D eigenvalue weighted by Crippen LogP contribution is 2.31. The van der Waals surface area contributed by atoms with Gasteiger partial charge in [-0.3, -0.25) is 10.1 Å². The SMILES string of the molecule is CN1CCC[C@H]1COc1cc(-c2ccc(O)cc2)cc([N+](=O)[O-])c1. The highest BCUT2D eigenvalue weighted by Gasteiger charge is 2.22. The normalized spacial score (nSPS) is 17.8. The van der Waals surface area contributed by atoms with Gasteiger partial charge < -0.3 is 14.7 Å². The Morgan fingerprint density at radius 1 is 1.25 bits per heavy atom. The molecule has 1 atom stereocenters. The van der Waals surface area contributed by atoms with Crippen LogP contribution in [-0.2, 0) is 0 Å². The van der Waals surface area contributed by atoms with Crippen molar-refractivity contribution >= 4 is 5.69 Å². The summed E-state index contributed by atoms with van der Waals surface area (Å²) in [5.41, 5.74) is 1.48. The van der Waals surface area contributed by atoms with Crippen molar-refractivity contribution in [1.29, 1.82) is 0 Å². The molecule has 1 N–H and O–H groups in total. The first-order valence-electron chi connectivity index (χ1n) is 7.95. The summed E-state index contributed by atoms with van der Waals surface area (Å²) in [7, 11) is 2.07. The molecule has 0 radical (unpaired) electrons. The van der Waals surface area contributed by atoms with Crippen molar-refractivity contribution in [1.82, 2.24) is 4.90 Å². The van der Waals surface area contributed by atoms with E-state index in [0.29, 0.717) is 24.0 Å². The minimum Gasteiger partial charge on any atom is -0.508 e. The number of ether oxygens (including phenoxy) is 1. The zero-order valence-electron chi connectivity index (χ0n) is 13.5. The molecule has 0 aromatic heterocycles. The van der Waals surface area contributed by atoms with E-state index in [2.05, 4.69) is 11.9 Å². The molecule has 0 saturated carbocycles. The van der Waals surface area contributed by atoms with Gasteiger partial charge in [0.2, 0.25) is 0 Å². The van der Waals surface area contributed by atoms with Crippen molar-refractivity contribution in [3.05, 3.63) is 52.6 Å². The lowest BCUT2D eigenvalue weighted by molar-refractivity contribution is -0.384. The van der Waals surface area contributed by atoms with Gasteiger partial charge in [0.1, 0.15) is 18.1 Å². The van der Waals surface area contributed by atoms with E-state index in [0.717, 1.165) is 24.9 Å². The van der Waals surface area contributed by atoms with E-state index in [4.69, 9.17) is 4.74 Å². The topological polar surface area (TPSA) is 75.8 Å².